The molecule has 2 saturated heterocycles. The summed E-state index contributed by atoms with van der Waals surface area (Å²) in [7, 11) is 0. The molecule has 2 aliphatic rings. The smallest absolute Gasteiger partial charge is 0.191 e. The summed E-state index contributed by atoms with van der Waals surface area (Å²) >= 11 is 0. The van der Waals surface area contributed by atoms with Gasteiger partial charge in [0.1, 0.15) is 0 Å². The van der Waals surface area contributed by atoms with E-state index >= 15 is 0 Å². The molecule has 2 aliphatic heterocycles. The van der Waals surface area contributed by atoms with E-state index in [9.17, 15) is 0 Å². The molecule has 1 aromatic rings. The molecule has 0 aliphatic carbocycles. The maximum absolute atomic E-state index is 5.51. The number of guanidine groups is 1. The molecule has 0 amide bonds. The Morgan fingerprint density at radius 1 is 1.10 bits per heavy atom. The molecule has 1 aromatic carbocycles. The zero-order chi connectivity index (χ0) is 20.3. The fourth-order valence-corrected chi connectivity index (χ4v) is 4.40. The zero-order valence-electron chi connectivity index (χ0n) is 18.3. The predicted octanol–water partition coefficient (Wildman–Crippen LogP) is 2.84. The molecular weight excluding hydrogens is 362 g/mol. The van der Waals surface area contributed by atoms with Gasteiger partial charge in [-0.25, -0.2) is 4.99 Å². The van der Waals surface area contributed by atoms with Crippen molar-refractivity contribution in [3.05, 3.63) is 29.8 Å². The first-order valence-electron chi connectivity index (χ1n) is 11.5. The third-order valence-electron chi connectivity index (χ3n) is 6.01. The highest BCUT2D eigenvalue weighted by Crippen LogP contribution is 2.22. The lowest BCUT2D eigenvalue weighted by Gasteiger charge is -2.35. The van der Waals surface area contributed by atoms with Gasteiger partial charge >= 0.3 is 0 Å². The number of nitrogens with one attached hydrogen (secondary N) is 2. The van der Waals surface area contributed by atoms with Gasteiger partial charge in [-0.15, -0.1) is 0 Å². The van der Waals surface area contributed by atoms with Crippen LogP contribution >= 0.6 is 0 Å². The van der Waals surface area contributed by atoms with Crippen LogP contribution in [0.1, 0.15) is 45.1 Å². The highest BCUT2D eigenvalue weighted by atomic mass is 16.5. The van der Waals surface area contributed by atoms with Crippen LogP contribution in [-0.4, -0.2) is 69.4 Å². The number of hydrogen-bond acceptors (Lipinski definition) is 4. The first-order valence-corrected chi connectivity index (χ1v) is 11.5. The maximum atomic E-state index is 5.51. The molecule has 162 valence electrons. The summed E-state index contributed by atoms with van der Waals surface area (Å²) in [4.78, 5) is 9.94. The lowest BCUT2D eigenvalue weighted by atomic mass is 10.0. The second-order valence-electron chi connectivity index (χ2n) is 7.94. The minimum absolute atomic E-state index is 0.685. The lowest BCUT2D eigenvalue weighted by Crippen LogP contribution is -2.45. The minimum Gasteiger partial charge on any atom is -0.378 e. The Balaban J connectivity index is 1.56. The van der Waals surface area contributed by atoms with Crippen molar-refractivity contribution in [1.29, 1.82) is 0 Å². The second kappa shape index (κ2) is 12.0. The molecule has 2 heterocycles. The van der Waals surface area contributed by atoms with Gasteiger partial charge in [-0.05, 0) is 44.4 Å². The molecule has 29 heavy (non-hydrogen) atoms. The molecule has 0 aromatic heterocycles. The van der Waals surface area contributed by atoms with Crippen LogP contribution in [-0.2, 0) is 11.3 Å². The van der Waals surface area contributed by atoms with Crippen LogP contribution in [0.5, 0.6) is 0 Å². The molecule has 1 unspecified atom stereocenters. The molecule has 6 heteroatoms. The Hall–Kier alpha value is -1.79. The summed E-state index contributed by atoms with van der Waals surface area (Å²) in [6.45, 7) is 12.8. The first-order chi connectivity index (χ1) is 14.3. The average molecular weight is 402 g/mol. The van der Waals surface area contributed by atoms with Crippen LogP contribution in [0.25, 0.3) is 0 Å². The van der Waals surface area contributed by atoms with E-state index in [1.807, 2.05) is 0 Å². The van der Waals surface area contributed by atoms with Crippen molar-refractivity contribution in [2.75, 3.05) is 57.4 Å². The van der Waals surface area contributed by atoms with E-state index < -0.39 is 0 Å². The van der Waals surface area contributed by atoms with E-state index in [0.717, 1.165) is 57.9 Å². The van der Waals surface area contributed by atoms with Crippen LogP contribution in [0, 0.1) is 0 Å². The molecule has 0 bridgehead atoms. The van der Waals surface area contributed by atoms with E-state index in [4.69, 9.17) is 9.73 Å². The standard InChI is InChI=1S/C23H39N5O/c1-3-21-10-7-8-13-27(21)14-12-25-23(24-4-2)26-19-20-9-5-6-11-22(20)28-15-17-29-18-16-28/h5-6,9,11,21H,3-4,7-8,10,12-19H2,1-2H3,(H2,24,25,26). The molecule has 6 nitrogen and oxygen atoms in total. The number of piperidine rings is 1. The number of aliphatic imine (C=N–C) groups is 1. The van der Waals surface area contributed by atoms with Gasteiger partial charge in [0.05, 0.1) is 19.8 Å². The molecule has 0 saturated carbocycles. The van der Waals surface area contributed by atoms with Gasteiger partial charge in [0.2, 0.25) is 0 Å². The Bertz CT molecular complexity index is 629. The summed E-state index contributed by atoms with van der Waals surface area (Å²) in [5.74, 6) is 0.911. The first kappa shape index (κ1) is 21.9. The Morgan fingerprint density at radius 2 is 1.93 bits per heavy atom. The number of para-hydroxylation sites is 1. The number of rotatable bonds is 8. The monoisotopic (exact) mass is 401 g/mol. The van der Waals surface area contributed by atoms with Crippen molar-refractivity contribution >= 4 is 11.6 Å². The Kier molecular flexibility index (Phi) is 9.09. The highest BCUT2D eigenvalue weighted by molar-refractivity contribution is 5.79. The zero-order valence-corrected chi connectivity index (χ0v) is 18.3. The van der Waals surface area contributed by atoms with Gasteiger partial charge in [0.25, 0.3) is 0 Å². The van der Waals surface area contributed by atoms with Crippen molar-refractivity contribution in [1.82, 2.24) is 15.5 Å². The van der Waals surface area contributed by atoms with Crippen LogP contribution in [0.3, 0.4) is 0 Å². The fourth-order valence-electron chi connectivity index (χ4n) is 4.40. The van der Waals surface area contributed by atoms with Gasteiger partial charge in [-0.2, -0.15) is 0 Å². The fraction of sp³-hybridized carbons (Fsp3) is 0.696. The van der Waals surface area contributed by atoms with E-state index in [2.05, 4.69) is 58.5 Å². The molecule has 2 fully saturated rings. The number of nitrogens with zero attached hydrogens (tertiary/aromatic N) is 3. The number of likely N-dealkylation sites (tertiary alicyclic amines) is 1. The average Bonchev–Trinajstić information content (AvgIpc) is 2.78. The van der Waals surface area contributed by atoms with Crippen molar-refractivity contribution in [3.8, 4) is 0 Å². The topological polar surface area (TPSA) is 52.1 Å². The molecule has 0 radical (unpaired) electrons. The van der Waals surface area contributed by atoms with E-state index in [0.29, 0.717) is 6.54 Å². The SMILES string of the molecule is CCNC(=NCc1ccccc1N1CCOCC1)NCCN1CCCCC1CC. The molecule has 1 atom stereocenters. The number of hydrogen-bond donors (Lipinski definition) is 2. The van der Waals surface area contributed by atoms with E-state index in [-0.39, 0.29) is 0 Å². The van der Waals surface area contributed by atoms with Gasteiger partial charge < -0.3 is 20.3 Å². The van der Waals surface area contributed by atoms with E-state index in [1.165, 1.54) is 43.5 Å². The number of morpholine rings is 1. The summed E-state index contributed by atoms with van der Waals surface area (Å²) < 4.78 is 5.51. The maximum Gasteiger partial charge on any atom is 0.191 e. The summed E-state index contributed by atoms with van der Waals surface area (Å²) in [5, 5.41) is 6.95. The van der Waals surface area contributed by atoms with Crippen LogP contribution in [0.4, 0.5) is 5.69 Å². The summed E-state index contributed by atoms with van der Waals surface area (Å²) in [6.07, 6.45) is 5.33. The molecule has 2 N–H and O–H groups in total. The molecule has 3 rings (SSSR count). The van der Waals surface area contributed by atoms with Gasteiger partial charge in [-0.3, -0.25) is 4.90 Å². The highest BCUT2D eigenvalue weighted by Gasteiger charge is 2.20. The van der Waals surface area contributed by atoms with Crippen LogP contribution in [0.15, 0.2) is 29.3 Å². The largest absolute Gasteiger partial charge is 0.378 e. The number of anilines is 1. The third kappa shape index (κ3) is 6.61. The predicted molar refractivity (Wildman–Crippen MR) is 122 cm³/mol. The number of ether oxygens (including phenoxy) is 1. The van der Waals surface area contributed by atoms with Crippen molar-refractivity contribution < 1.29 is 4.74 Å². The molecular formula is C23H39N5O. The van der Waals surface area contributed by atoms with Gasteiger partial charge in [0, 0.05) is 44.5 Å². The second-order valence-corrected chi connectivity index (χ2v) is 7.94. The van der Waals surface area contributed by atoms with Gasteiger partial charge in [0.15, 0.2) is 5.96 Å². The quantitative estimate of drug-likeness (QED) is 0.518. The summed E-state index contributed by atoms with van der Waals surface area (Å²) in [6, 6.07) is 9.38. The summed E-state index contributed by atoms with van der Waals surface area (Å²) in [5.41, 5.74) is 2.56. The van der Waals surface area contributed by atoms with Crippen molar-refractivity contribution in [3.63, 3.8) is 0 Å². The Labute approximate surface area is 176 Å². The van der Waals surface area contributed by atoms with Crippen LogP contribution in [0.2, 0.25) is 0 Å². The van der Waals surface area contributed by atoms with Crippen molar-refractivity contribution in [2.24, 2.45) is 4.99 Å². The normalized spacial score (nSPS) is 21.2. The third-order valence-corrected chi connectivity index (χ3v) is 6.01. The Morgan fingerprint density at radius 3 is 2.72 bits per heavy atom. The van der Waals surface area contributed by atoms with Gasteiger partial charge in [-0.1, -0.05) is 31.5 Å². The van der Waals surface area contributed by atoms with E-state index in [1.54, 1.807) is 0 Å². The minimum atomic E-state index is 0.685. The molecule has 0 spiro atoms. The number of benzene rings is 1. The van der Waals surface area contributed by atoms with Crippen molar-refractivity contribution in [2.45, 2.75) is 52.1 Å². The van der Waals surface area contributed by atoms with Crippen LogP contribution < -0.4 is 15.5 Å². The lowest BCUT2D eigenvalue weighted by molar-refractivity contribution is 0.122.